The molecule has 0 aliphatic heterocycles. The molecule has 0 bridgehead atoms. The first kappa shape index (κ1) is 19.8. The third-order valence-corrected chi connectivity index (χ3v) is 5.46. The van der Waals surface area contributed by atoms with Crippen LogP contribution in [0, 0.1) is 0 Å². The predicted octanol–water partition coefficient (Wildman–Crippen LogP) is 7.09. The third-order valence-electron chi connectivity index (χ3n) is 4.22. The molecule has 0 saturated heterocycles. The van der Waals surface area contributed by atoms with Gasteiger partial charge in [-0.15, -0.1) is 22.9 Å². The largest absolute Gasteiger partial charge is 0.508 e. The van der Waals surface area contributed by atoms with Gasteiger partial charge in [0.2, 0.25) is 0 Å². The minimum Gasteiger partial charge on any atom is -0.508 e. The maximum atomic E-state index is 9.68. The molecule has 140 valence electrons. The lowest BCUT2D eigenvalue weighted by atomic mass is 9.89. The van der Waals surface area contributed by atoms with Crippen molar-refractivity contribution in [1.29, 1.82) is 0 Å². The summed E-state index contributed by atoms with van der Waals surface area (Å²) in [5, 5.41) is 11.8. The molecule has 0 saturated carbocycles. The highest BCUT2D eigenvalue weighted by atomic mass is 35.5. The minimum atomic E-state index is 0.250. The Kier molecular flexibility index (Phi) is 6.84. The van der Waals surface area contributed by atoms with E-state index in [1.165, 1.54) is 16.9 Å². The molecule has 0 atom stereocenters. The molecule has 0 amide bonds. The van der Waals surface area contributed by atoms with Crippen LogP contribution < -0.4 is 4.74 Å². The van der Waals surface area contributed by atoms with E-state index >= 15 is 0 Å². The molecular formula is C22H20Cl2O2S. The van der Waals surface area contributed by atoms with Crippen LogP contribution >= 0.6 is 34.5 Å². The van der Waals surface area contributed by atoms with E-state index in [1.807, 2.05) is 30.3 Å². The van der Waals surface area contributed by atoms with Crippen molar-refractivity contribution >= 4 is 45.7 Å². The van der Waals surface area contributed by atoms with Crippen LogP contribution in [-0.4, -0.2) is 17.6 Å². The summed E-state index contributed by atoms with van der Waals surface area (Å²) in [6.45, 7) is 2.62. The molecule has 0 fully saturated rings. The highest BCUT2D eigenvalue weighted by Gasteiger charge is 2.14. The Bertz CT molecular complexity index is 912. The number of phenolic OH excluding ortho intramolecular Hbond substituents is 1. The quantitative estimate of drug-likeness (QED) is 0.414. The number of ether oxygens (including phenoxy) is 1. The highest BCUT2D eigenvalue weighted by molar-refractivity contribution is 7.14. The van der Waals surface area contributed by atoms with E-state index in [1.54, 1.807) is 12.1 Å². The Morgan fingerprint density at radius 2 is 1.63 bits per heavy atom. The van der Waals surface area contributed by atoms with Gasteiger partial charge in [-0.2, -0.15) is 0 Å². The molecule has 0 unspecified atom stereocenters. The molecule has 5 heteroatoms. The fraction of sp³-hybridized carbons (Fsp3) is 0.182. The summed E-state index contributed by atoms with van der Waals surface area (Å²) in [6, 6.07) is 17.3. The summed E-state index contributed by atoms with van der Waals surface area (Å²) < 4.78 is 6.36. The summed E-state index contributed by atoms with van der Waals surface area (Å²) in [4.78, 5) is 0. The second kappa shape index (κ2) is 9.32. The molecule has 0 spiro atoms. The van der Waals surface area contributed by atoms with Crippen molar-refractivity contribution in [3.8, 4) is 11.5 Å². The molecule has 2 aromatic carbocycles. The number of thiophene rings is 1. The van der Waals surface area contributed by atoms with Gasteiger partial charge in [-0.1, -0.05) is 42.8 Å². The zero-order valence-electron chi connectivity index (χ0n) is 14.9. The number of allylic oxidation sites excluding steroid dienone is 1. The number of alkyl halides is 1. The second-order valence-electron chi connectivity index (χ2n) is 5.96. The number of phenols is 1. The van der Waals surface area contributed by atoms with Gasteiger partial charge in [0, 0.05) is 0 Å². The molecular weight excluding hydrogens is 399 g/mol. The van der Waals surface area contributed by atoms with E-state index < -0.39 is 0 Å². The van der Waals surface area contributed by atoms with Crippen molar-refractivity contribution in [2.45, 2.75) is 13.3 Å². The van der Waals surface area contributed by atoms with Gasteiger partial charge in [-0.3, -0.25) is 0 Å². The van der Waals surface area contributed by atoms with Crippen LogP contribution in [0.4, 0.5) is 0 Å². The van der Waals surface area contributed by atoms with Gasteiger partial charge in [-0.25, -0.2) is 0 Å². The molecule has 27 heavy (non-hydrogen) atoms. The summed E-state index contributed by atoms with van der Waals surface area (Å²) >= 11 is 13.4. The lowest BCUT2D eigenvalue weighted by Gasteiger charge is -2.16. The van der Waals surface area contributed by atoms with Crippen molar-refractivity contribution in [3.63, 3.8) is 0 Å². The average Bonchev–Trinajstić information content (AvgIpc) is 3.12. The Morgan fingerprint density at radius 3 is 2.15 bits per heavy atom. The number of halogens is 2. The Labute approximate surface area is 173 Å². The van der Waals surface area contributed by atoms with Crippen molar-refractivity contribution in [3.05, 3.63) is 81.0 Å². The van der Waals surface area contributed by atoms with Crippen LogP contribution in [0.3, 0.4) is 0 Å². The molecule has 0 radical (unpaired) electrons. The summed E-state index contributed by atoms with van der Waals surface area (Å²) in [6.07, 6.45) is 0.855. The third kappa shape index (κ3) is 4.86. The fourth-order valence-corrected chi connectivity index (χ4v) is 3.98. The van der Waals surface area contributed by atoms with E-state index in [-0.39, 0.29) is 5.75 Å². The van der Waals surface area contributed by atoms with E-state index in [9.17, 15) is 5.11 Å². The normalized spacial score (nSPS) is 12.0. The molecule has 3 aromatic rings. The Balaban J connectivity index is 2.12. The maximum absolute atomic E-state index is 9.68. The van der Waals surface area contributed by atoms with Gasteiger partial charge in [0.25, 0.3) is 0 Å². The number of rotatable bonds is 7. The molecule has 0 aliphatic carbocycles. The monoisotopic (exact) mass is 418 g/mol. The maximum Gasteiger partial charge on any atom is 0.119 e. The Morgan fingerprint density at radius 1 is 1.00 bits per heavy atom. The molecule has 2 nitrogen and oxygen atoms in total. The first-order chi connectivity index (χ1) is 13.1. The summed E-state index contributed by atoms with van der Waals surface area (Å²) in [5.74, 6) is 1.50. The number of aromatic hydroxyl groups is 1. The van der Waals surface area contributed by atoms with Crippen LogP contribution in [0.15, 0.2) is 60.0 Å². The molecule has 1 heterocycles. The number of hydrogen-bond donors (Lipinski definition) is 1. The second-order valence-corrected chi connectivity index (χ2v) is 7.88. The summed E-state index contributed by atoms with van der Waals surface area (Å²) in [7, 11) is 0. The van der Waals surface area contributed by atoms with Crippen LogP contribution in [0.5, 0.6) is 11.5 Å². The van der Waals surface area contributed by atoms with E-state index in [0.717, 1.165) is 38.8 Å². The van der Waals surface area contributed by atoms with E-state index in [4.69, 9.17) is 27.9 Å². The Hall–Kier alpha value is -1.94. The minimum absolute atomic E-state index is 0.250. The van der Waals surface area contributed by atoms with Crippen molar-refractivity contribution < 1.29 is 9.84 Å². The number of hydrogen-bond acceptors (Lipinski definition) is 3. The van der Waals surface area contributed by atoms with E-state index in [2.05, 4.69) is 24.4 Å². The van der Waals surface area contributed by atoms with Crippen molar-refractivity contribution in [2.24, 2.45) is 0 Å². The fourth-order valence-electron chi connectivity index (χ4n) is 3.01. The van der Waals surface area contributed by atoms with Gasteiger partial charge in [0.15, 0.2) is 0 Å². The van der Waals surface area contributed by atoms with Gasteiger partial charge in [0.1, 0.15) is 18.1 Å². The van der Waals surface area contributed by atoms with Gasteiger partial charge >= 0.3 is 0 Å². The van der Waals surface area contributed by atoms with Crippen LogP contribution in [0.25, 0.3) is 11.1 Å². The van der Waals surface area contributed by atoms with Gasteiger partial charge in [-0.05, 0) is 70.0 Å². The zero-order valence-corrected chi connectivity index (χ0v) is 17.2. The highest BCUT2D eigenvalue weighted by Crippen LogP contribution is 2.37. The SMILES string of the molecule is CC/C(=C(/c1ccc(O)cc1)c1ccc(OCCCl)cc1)c1csc(Cl)c1. The lowest BCUT2D eigenvalue weighted by molar-refractivity contribution is 0.343. The lowest BCUT2D eigenvalue weighted by Crippen LogP contribution is -1.98. The van der Waals surface area contributed by atoms with Crippen molar-refractivity contribution in [1.82, 2.24) is 0 Å². The first-order valence-electron chi connectivity index (χ1n) is 8.68. The predicted molar refractivity (Wildman–Crippen MR) is 116 cm³/mol. The van der Waals surface area contributed by atoms with Gasteiger partial charge in [0.05, 0.1) is 10.2 Å². The summed E-state index contributed by atoms with van der Waals surface area (Å²) in [5.41, 5.74) is 5.58. The standard InChI is InChI=1S/C22H20Cl2O2S/c1-2-20(17-13-21(24)27-14-17)22(15-3-7-18(25)8-4-15)16-5-9-19(10-6-16)26-12-11-23/h3-10,13-14,25H,2,11-12H2,1H3/b22-20+. The topological polar surface area (TPSA) is 29.5 Å². The average molecular weight is 419 g/mol. The van der Waals surface area contributed by atoms with Crippen molar-refractivity contribution in [2.75, 3.05) is 12.5 Å². The van der Waals surface area contributed by atoms with Crippen LogP contribution in [0.2, 0.25) is 4.34 Å². The van der Waals surface area contributed by atoms with Crippen LogP contribution in [-0.2, 0) is 0 Å². The van der Waals surface area contributed by atoms with Crippen LogP contribution in [0.1, 0.15) is 30.0 Å². The first-order valence-corrected chi connectivity index (χ1v) is 10.5. The van der Waals surface area contributed by atoms with E-state index in [0.29, 0.717) is 12.5 Å². The smallest absolute Gasteiger partial charge is 0.119 e. The molecule has 1 N–H and O–H groups in total. The molecule has 1 aromatic heterocycles. The molecule has 3 rings (SSSR count). The number of benzene rings is 2. The van der Waals surface area contributed by atoms with Gasteiger partial charge < -0.3 is 9.84 Å². The zero-order chi connectivity index (χ0) is 19.2. The molecule has 0 aliphatic rings.